The molecular weight excluding hydrogens is 216 g/mol. The molecule has 1 aromatic heterocycles. The van der Waals surface area contributed by atoms with Gasteiger partial charge in [-0.3, -0.25) is 0 Å². The summed E-state index contributed by atoms with van der Waals surface area (Å²) < 4.78 is 4.48. The molecule has 1 aromatic carbocycles. The Morgan fingerprint density at radius 1 is 1.31 bits per heavy atom. The van der Waals surface area contributed by atoms with Crippen LogP contribution in [0.3, 0.4) is 0 Å². The highest BCUT2D eigenvalue weighted by atomic mass is 32.1. The number of aryl methyl sites for hydroxylation is 1. The molecule has 2 rings (SSSR count). The van der Waals surface area contributed by atoms with Crippen molar-refractivity contribution in [1.82, 2.24) is 9.69 Å². The molecule has 0 amide bonds. The molecule has 0 unspecified atom stereocenters. The number of hydrogen-bond acceptors (Lipinski definition) is 3. The second-order valence-electron chi connectivity index (χ2n) is 3.83. The van der Waals surface area contributed by atoms with Crippen LogP contribution in [0.15, 0.2) is 30.3 Å². The van der Waals surface area contributed by atoms with Crippen LogP contribution in [-0.4, -0.2) is 10.9 Å². The highest BCUT2D eigenvalue weighted by molar-refractivity contribution is 7.06. The van der Waals surface area contributed by atoms with Gasteiger partial charge in [-0.25, -0.2) is 0 Å². The third-order valence-corrected chi connectivity index (χ3v) is 3.21. The van der Waals surface area contributed by atoms with Gasteiger partial charge in [0.1, 0.15) is 0 Å². The fourth-order valence-electron chi connectivity index (χ4n) is 1.58. The van der Waals surface area contributed by atoms with E-state index in [9.17, 15) is 0 Å². The zero-order chi connectivity index (χ0) is 11.4. The Bertz CT molecular complexity index is 462. The van der Waals surface area contributed by atoms with E-state index < -0.39 is 0 Å². The van der Waals surface area contributed by atoms with Crippen molar-refractivity contribution in [3.8, 4) is 11.3 Å². The average Bonchev–Trinajstić information content (AvgIpc) is 2.75. The van der Waals surface area contributed by atoms with E-state index in [0.29, 0.717) is 0 Å². The standard InChI is InChI=1S/C13H16N2S/c1-3-14-9-12-8-13(15-16-12)11-6-4-5-10(2)7-11/h4-8,14H,3,9H2,1-2H3. The molecule has 1 heterocycles. The van der Waals surface area contributed by atoms with Crippen LogP contribution >= 0.6 is 11.5 Å². The second-order valence-corrected chi connectivity index (χ2v) is 4.72. The first kappa shape index (κ1) is 11.3. The van der Waals surface area contributed by atoms with Gasteiger partial charge in [0.05, 0.1) is 5.69 Å². The number of nitrogens with one attached hydrogen (secondary N) is 1. The van der Waals surface area contributed by atoms with E-state index in [4.69, 9.17) is 0 Å². The van der Waals surface area contributed by atoms with Gasteiger partial charge in [0.25, 0.3) is 0 Å². The molecule has 0 saturated carbocycles. The number of aromatic nitrogens is 1. The predicted octanol–water partition coefficient (Wildman–Crippen LogP) is 3.23. The molecule has 0 aliphatic heterocycles. The van der Waals surface area contributed by atoms with Gasteiger partial charge < -0.3 is 5.32 Å². The van der Waals surface area contributed by atoms with Crippen LogP contribution in [0.5, 0.6) is 0 Å². The summed E-state index contributed by atoms with van der Waals surface area (Å²) in [6.45, 7) is 6.13. The van der Waals surface area contributed by atoms with Crippen molar-refractivity contribution >= 4 is 11.5 Å². The lowest BCUT2D eigenvalue weighted by atomic mass is 10.1. The fraction of sp³-hybridized carbons (Fsp3) is 0.308. The molecule has 84 valence electrons. The first-order valence-electron chi connectivity index (χ1n) is 5.53. The molecule has 0 fully saturated rings. The summed E-state index contributed by atoms with van der Waals surface area (Å²) in [5, 5.41) is 3.31. The van der Waals surface area contributed by atoms with Gasteiger partial charge in [-0.2, -0.15) is 4.37 Å². The molecule has 2 nitrogen and oxygen atoms in total. The van der Waals surface area contributed by atoms with Crippen LogP contribution in [0, 0.1) is 6.92 Å². The lowest BCUT2D eigenvalue weighted by molar-refractivity contribution is 0.735. The van der Waals surface area contributed by atoms with Crippen molar-refractivity contribution < 1.29 is 0 Å². The predicted molar refractivity (Wildman–Crippen MR) is 69.7 cm³/mol. The molecular formula is C13H16N2S. The van der Waals surface area contributed by atoms with Crippen LogP contribution in [0.1, 0.15) is 17.4 Å². The van der Waals surface area contributed by atoms with Gasteiger partial charge in [-0.05, 0) is 37.1 Å². The van der Waals surface area contributed by atoms with Gasteiger partial charge in [0, 0.05) is 17.0 Å². The Kier molecular flexibility index (Phi) is 3.70. The van der Waals surface area contributed by atoms with Gasteiger partial charge >= 0.3 is 0 Å². The molecule has 0 aliphatic rings. The number of benzene rings is 1. The molecule has 16 heavy (non-hydrogen) atoms. The van der Waals surface area contributed by atoms with E-state index in [1.54, 1.807) is 11.5 Å². The van der Waals surface area contributed by atoms with Crippen molar-refractivity contribution in [1.29, 1.82) is 0 Å². The SMILES string of the molecule is CCNCc1cc(-c2cccc(C)c2)ns1. The Morgan fingerprint density at radius 3 is 2.94 bits per heavy atom. The summed E-state index contributed by atoms with van der Waals surface area (Å²) in [6, 6.07) is 10.6. The number of hydrogen-bond donors (Lipinski definition) is 1. The topological polar surface area (TPSA) is 24.9 Å². The van der Waals surface area contributed by atoms with Gasteiger partial charge in [-0.15, -0.1) is 0 Å². The maximum absolute atomic E-state index is 4.48. The maximum Gasteiger partial charge on any atom is 0.0844 e. The van der Waals surface area contributed by atoms with E-state index in [1.165, 1.54) is 16.0 Å². The zero-order valence-corrected chi connectivity index (χ0v) is 10.5. The first-order chi connectivity index (χ1) is 7.79. The lowest BCUT2D eigenvalue weighted by Crippen LogP contribution is -2.10. The molecule has 0 saturated heterocycles. The monoisotopic (exact) mass is 232 g/mol. The summed E-state index contributed by atoms with van der Waals surface area (Å²) in [5.41, 5.74) is 3.57. The zero-order valence-electron chi connectivity index (χ0n) is 9.66. The minimum Gasteiger partial charge on any atom is -0.312 e. The van der Waals surface area contributed by atoms with E-state index in [1.807, 2.05) is 0 Å². The molecule has 2 aromatic rings. The van der Waals surface area contributed by atoms with Crippen molar-refractivity contribution in [2.75, 3.05) is 6.54 Å². The minimum absolute atomic E-state index is 0.917. The Morgan fingerprint density at radius 2 is 2.19 bits per heavy atom. The molecule has 0 spiro atoms. The summed E-state index contributed by atoms with van der Waals surface area (Å²) >= 11 is 1.58. The molecule has 3 heteroatoms. The highest BCUT2D eigenvalue weighted by Crippen LogP contribution is 2.22. The van der Waals surface area contributed by atoms with Crippen molar-refractivity contribution in [2.45, 2.75) is 20.4 Å². The summed E-state index contributed by atoms with van der Waals surface area (Å²) in [5.74, 6) is 0. The number of nitrogens with zero attached hydrogens (tertiary/aromatic N) is 1. The minimum atomic E-state index is 0.917. The van der Waals surface area contributed by atoms with Crippen LogP contribution in [0.4, 0.5) is 0 Å². The van der Waals surface area contributed by atoms with Gasteiger partial charge in [0.2, 0.25) is 0 Å². The van der Waals surface area contributed by atoms with Crippen LogP contribution in [0.2, 0.25) is 0 Å². The van der Waals surface area contributed by atoms with Crippen LogP contribution < -0.4 is 5.32 Å². The summed E-state index contributed by atoms with van der Waals surface area (Å²) in [6.07, 6.45) is 0. The largest absolute Gasteiger partial charge is 0.312 e. The normalized spacial score (nSPS) is 10.6. The quantitative estimate of drug-likeness (QED) is 0.875. The molecule has 0 aliphatic carbocycles. The van der Waals surface area contributed by atoms with Crippen LogP contribution in [-0.2, 0) is 6.54 Å². The van der Waals surface area contributed by atoms with Crippen molar-refractivity contribution in [2.24, 2.45) is 0 Å². The van der Waals surface area contributed by atoms with Crippen molar-refractivity contribution in [3.05, 3.63) is 40.8 Å². The summed E-state index contributed by atoms with van der Waals surface area (Å²) in [4.78, 5) is 1.29. The lowest BCUT2D eigenvalue weighted by Gasteiger charge is -1.97. The number of rotatable bonds is 4. The smallest absolute Gasteiger partial charge is 0.0844 e. The Hall–Kier alpha value is -1.19. The van der Waals surface area contributed by atoms with E-state index >= 15 is 0 Å². The first-order valence-corrected chi connectivity index (χ1v) is 6.30. The van der Waals surface area contributed by atoms with Crippen molar-refractivity contribution in [3.63, 3.8) is 0 Å². The molecule has 0 atom stereocenters. The Labute approximate surface area is 100 Å². The Balaban J connectivity index is 2.18. The van der Waals surface area contributed by atoms with Gasteiger partial charge in [0.15, 0.2) is 0 Å². The third kappa shape index (κ3) is 2.68. The second kappa shape index (κ2) is 5.23. The fourth-order valence-corrected chi connectivity index (χ4v) is 2.29. The van der Waals surface area contributed by atoms with E-state index in [0.717, 1.165) is 18.8 Å². The molecule has 0 bridgehead atoms. The third-order valence-electron chi connectivity index (χ3n) is 2.42. The van der Waals surface area contributed by atoms with Crippen LogP contribution in [0.25, 0.3) is 11.3 Å². The molecule has 1 N–H and O–H groups in total. The maximum atomic E-state index is 4.48. The van der Waals surface area contributed by atoms with Gasteiger partial charge in [-0.1, -0.05) is 30.7 Å². The summed E-state index contributed by atoms with van der Waals surface area (Å²) in [7, 11) is 0. The van der Waals surface area contributed by atoms with E-state index in [2.05, 4.69) is 53.9 Å². The highest BCUT2D eigenvalue weighted by Gasteiger charge is 2.03. The average molecular weight is 232 g/mol. The van der Waals surface area contributed by atoms with E-state index in [-0.39, 0.29) is 0 Å². The molecule has 0 radical (unpaired) electrons.